The molecule has 2 N–H and O–H groups in total. The zero-order valence-corrected chi connectivity index (χ0v) is 13.0. The van der Waals surface area contributed by atoms with Crippen molar-refractivity contribution >= 4 is 12.0 Å². The Hall–Kier alpha value is -2.25. The van der Waals surface area contributed by atoms with Crippen molar-refractivity contribution in [2.24, 2.45) is 5.92 Å². The average molecular weight is 332 g/mol. The van der Waals surface area contributed by atoms with Crippen molar-refractivity contribution in [2.45, 2.75) is 26.1 Å². The number of hydrogen-bond donors (Lipinski definition) is 2. The Balaban J connectivity index is 2.87. The second-order valence-corrected chi connectivity index (χ2v) is 5.26. The minimum absolute atomic E-state index is 0.138. The minimum Gasteiger partial charge on any atom is -0.453 e. The molecular weight excluding hydrogens is 313 g/mol. The predicted octanol–water partition coefficient (Wildman–Crippen LogP) is 2.87. The number of hydrogen-bond acceptors (Lipinski definition) is 3. The van der Waals surface area contributed by atoms with E-state index in [1.54, 1.807) is 13.8 Å². The third-order valence-electron chi connectivity index (χ3n) is 3.13. The Kier molecular flexibility index (Phi) is 6.41. The third-order valence-corrected chi connectivity index (χ3v) is 3.13. The second kappa shape index (κ2) is 7.85. The second-order valence-electron chi connectivity index (χ2n) is 5.26. The van der Waals surface area contributed by atoms with E-state index in [4.69, 9.17) is 0 Å². The van der Waals surface area contributed by atoms with Gasteiger partial charge in [-0.2, -0.15) is 13.2 Å². The van der Waals surface area contributed by atoms with Gasteiger partial charge in [-0.3, -0.25) is 4.79 Å². The number of nitrogens with one attached hydrogen (secondary N) is 2. The maximum absolute atomic E-state index is 12.8. The van der Waals surface area contributed by atoms with Gasteiger partial charge in [-0.05, 0) is 23.6 Å². The van der Waals surface area contributed by atoms with Gasteiger partial charge in [-0.15, -0.1) is 0 Å². The fourth-order valence-corrected chi connectivity index (χ4v) is 1.99. The Morgan fingerprint density at radius 3 is 2.43 bits per heavy atom. The molecular formula is C15H19F3N2O3. The number of amides is 2. The molecule has 0 fully saturated rings. The van der Waals surface area contributed by atoms with Gasteiger partial charge in [0.1, 0.15) is 6.54 Å². The van der Waals surface area contributed by atoms with Crippen molar-refractivity contribution in [1.82, 2.24) is 10.6 Å². The summed E-state index contributed by atoms with van der Waals surface area (Å²) in [6.07, 6.45) is -5.21. The fraction of sp³-hybridized carbons (Fsp3) is 0.467. The molecule has 1 atom stereocenters. The van der Waals surface area contributed by atoms with Crippen LogP contribution in [0.5, 0.6) is 0 Å². The lowest BCUT2D eigenvalue weighted by molar-refractivity contribution is -0.137. The fourth-order valence-electron chi connectivity index (χ4n) is 1.99. The lowest BCUT2D eigenvalue weighted by atomic mass is 9.94. The van der Waals surface area contributed by atoms with Gasteiger partial charge in [0.15, 0.2) is 0 Å². The number of ether oxygens (including phenoxy) is 1. The SMILES string of the molecule is COC(=O)NCC(=O)N[C@H](c1cccc(C(F)(F)F)c1)C(C)C. The van der Waals surface area contributed by atoms with Crippen LogP contribution >= 0.6 is 0 Å². The molecule has 0 aliphatic rings. The van der Waals surface area contributed by atoms with Gasteiger partial charge in [0.05, 0.1) is 18.7 Å². The molecule has 0 saturated carbocycles. The van der Waals surface area contributed by atoms with Crippen LogP contribution in [0, 0.1) is 5.92 Å². The van der Waals surface area contributed by atoms with Crippen LogP contribution < -0.4 is 10.6 Å². The van der Waals surface area contributed by atoms with E-state index < -0.39 is 29.8 Å². The smallest absolute Gasteiger partial charge is 0.416 e. The van der Waals surface area contributed by atoms with Crippen LogP contribution in [0.4, 0.5) is 18.0 Å². The largest absolute Gasteiger partial charge is 0.453 e. The molecule has 1 rings (SSSR count). The lowest BCUT2D eigenvalue weighted by Crippen LogP contribution is -2.40. The van der Waals surface area contributed by atoms with Crippen molar-refractivity contribution in [3.05, 3.63) is 35.4 Å². The Labute approximate surface area is 132 Å². The average Bonchev–Trinajstić information content (AvgIpc) is 2.49. The van der Waals surface area contributed by atoms with E-state index >= 15 is 0 Å². The summed E-state index contributed by atoms with van der Waals surface area (Å²) in [7, 11) is 1.16. The van der Waals surface area contributed by atoms with Crippen LogP contribution in [0.2, 0.25) is 0 Å². The van der Waals surface area contributed by atoms with Crippen molar-refractivity contribution in [3.63, 3.8) is 0 Å². The monoisotopic (exact) mass is 332 g/mol. The van der Waals surface area contributed by atoms with Gasteiger partial charge in [0.2, 0.25) is 5.91 Å². The Morgan fingerprint density at radius 2 is 1.91 bits per heavy atom. The first-order chi connectivity index (χ1) is 10.6. The zero-order chi connectivity index (χ0) is 17.6. The summed E-state index contributed by atoms with van der Waals surface area (Å²) in [4.78, 5) is 22.8. The molecule has 5 nitrogen and oxygen atoms in total. The molecule has 0 bridgehead atoms. The topological polar surface area (TPSA) is 67.4 Å². The first-order valence-electron chi connectivity index (χ1n) is 6.93. The number of carbonyl (C=O) groups is 2. The summed E-state index contributed by atoms with van der Waals surface area (Å²) in [5.74, 6) is -0.660. The van der Waals surface area contributed by atoms with E-state index in [1.165, 1.54) is 12.1 Å². The molecule has 0 saturated heterocycles. The number of alkyl halides is 3. The molecule has 23 heavy (non-hydrogen) atoms. The van der Waals surface area contributed by atoms with E-state index in [1.807, 2.05) is 0 Å². The summed E-state index contributed by atoms with van der Waals surface area (Å²) < 4.78 is 42.7. The molecule has 128 valence electrons. The highest BCUT2D eigenvalue weighted by Gasteiger charge is 2.31. The number of benzene rings is 1. The van der Waals surface area contributed by atoms with Gasteiger partial charge in [0.25, 0.3) is 0 Å². The van der Waals surface area contributed by atoms with Gasteiger partial charge in [-0.1, -0.05) is 26.0 Å². The maximum atomic E-state index is 12.8. The minimum atomic E-state index is -4.45. The third kappa shape index (κ3) is 5.80. The molecule has 8 heteroatoms. The lowest BCUT2D eigenvalue weighted by Gasteiger charge is -2.24. The Morgan fingerprint density at radius 1 is 1.26 bits per heavy atom. The highest BCUT2D eigenvalue weighted by atomic mass is 19.4. The highest BCUT2D eigenvalue weighted by Crippen LogP contribution is 2.32. The normalized spacial score (nSPS) is 12.7. The zero-order valence-electron chi connectivity index (χ0n) is 13.0. The summed E-state index contributed by atoms with van der Waals surface area (Å²) in [6, 6.07) is 4.20. The van der Waals surface area contributed by atoms with Crippen LogP contribution in [0.15, 0.2) is 24.3 Å². The van der Waals surface area contributed by atoms with E-state index in [0.717, 1.165) is 19.2 Å². The maximum Gasteiger partial charge on any atom is 0.416 e. The van der Waals surface area contributed by atoms with E-state index in [0.29, 0.717) is 5.56 Å². The molecule has 0 heterocycles. The summed E-state index contributed by atoms with van der Waals surface area (Å²) in [6.45, 7) is 3.23. The van der Waals surface area contributed by atoms with Crippen molar-refractivity contribution in [3.8, 4) is 0 Å². The summed E-state index contributed by atoms with van der Waals surface area (Å²) >= 11 is 0. The molecule has 0 spiro atoms. The quantitative estimate of drug-likeness (QED) is 0.871. The summed E-state index contributed by atoms with van der Waals surface area (Å²) in [5.41, 5.74) is -0.427. The van der Waals surface area contributed by atoms with Crippen molar-refractivity contribution < 1.29 is 27.5 Å². The Bertz CT molecular complexity index is 559. The van der Waals surface area contributed by atoms with Gasteiger partial charge < -0.3 is 15.4 Å². The van der Waals surface area contributed by atoms with Crippen LogP contribution in [0.1, 0.15) is 31.0 Å². The standard InChI is InChI=1S/C15H19F3N2O3/c1-9(2)13(20-12(21)8-19-14(22)23-3)10-5-4-6-11(7-10)15(16,17)18/h4-7,9,13H,8H2,1-3H3,(H,19,22)(H,20,21)/t13-/m0/s1. The van der Waals surface area contributed by atoms with Gasteiger partial charge in [-0.25, -0.2) is 4.79 Å². The van der Waals surface area contributed by atoms with Gasteiger partial charge in [0, 0.05) is 0 Å². The number of rotatable bonds is 5. The van der Waals surface area contributed by atoms with E-state index in [9.17, 15) is 22.8 Å². The first-order valence-corrected chi connectivity index (χ1v) is 6.93. The number of methoxy groups -OCH3 is 1. The van der Waals surface area contributed by atoms with Crippen LogP contribution in [-0.2, 0) is 15.7 Å². The van der Waals surface area contributed by atoms with E-state index in [-0.39, 0.29) is 12.5 Å². The van der Waals surface area contributed by atoms with Crippen molar-refractivity contribution in [1.29, 1.82) is 0 Å². The van der Waals surface area contributed by atoms with Gasteiger partial charge >= 0.3 is 12.3 Å². The van der Waals surface area contributed by atoms with Crippen molar-refractivity contribution in [2.75, 3.05) is 13.7 Å². The van der Waals surface area contributed by atoms with Crippen LogP contribution in [0.25, 0.3) is 0 Å². The molecule has 0 unspecified atom stereocenters. The molecule has 0 radical (unpaired) electrons. The molecule has 2 amide bonds. The number of alkyl carbamates (subject to hydrolysis) is 1. The molecule has 0 aliphatic carbocycles. The first kappa shape index (κ1) is 18.8. The highest BCUT2D eigenvalue weighted by molar-refractivity contribution is 5.82. The summed E-state index contributed by atoms with van der Waals surface area (Å²) in [5, 5.41) is 4.82. The molecule has 0 aliphatic heterocycles. The molecule has 1 aromatic carbocycles. The number of carbonyl (C=O) groups excluding carboxylic acids is 2. The van der Waals surface area contributed by atoms with Crippen LogP contribution in [0.3, 0.4) is 0 Å². The number of halogens is 3. The van der Waals surface area contributed by atoms with E-state index in [2.05, 4.69) is 15.4 Å². The molecule has 0 aromatic heterocycles. The van der Waals surface area contributed by atoms with Crippen LogP contribution in [-0.4, -0.2) is 25.7 Å². The predicted molar refractivity (Wildman–Crippen MR) is 77.6 cm³/mol. The molecule has 1 aromatic rings.